The molecule has 0 aliphatic carbocycles. The molecule has 18 heavy (non-hydrogen) atoms. The lowest BCUT2D eigenvalue weighted by Gasteiger charge is -2.31. The normalized spacial score (nSPS) is 11.6. The lowest BCUT2D eigenvalue weighted by atomic mass is 9.98. The van der Waals surface area contributed by atoms with Gasteiger partial charge in [-0.25, -0.2) is 0 Å². The van der Waals surface area contributed by atoms with E-state index in [0.717, 1.165) is 32.3 Å². The highest BCUT2D eigenvalue weighted by Crippen LogP contribution is 2.21. The van der Waals surface area contributed by atoms with E-state index in [1.807, 2.05) is 0 Å². The van der Waals surface area contributed by atoms with Crippen LogP contribution in [0.15, 0.2) is 0 Å². The van der Waals surface area contributed by atoms with Crippen LogP contribution in [0, 0.1) is 0 Å². The number of ether oxygens (including phenoxy) is 3. The number of unbranched alkanes of at least 4 members (excludes halogenated alkanes) is 1. The number of hydrogen-bond acceptors (Lipinski definition) is 4. The molecule has 0 N–H and O–H groups in total. The summed E-state index contributed by atoms with van der Waals surface area (Å²) in [7, 11) is 0. The average Bonchev–Trinajstić information content (AvgIpc) is 2.36. The van der Waals surface area contributed by atoms with Crippen LogP contribution >= 0.6 is 0 Å². The maximum atomic E-state index is 10.6. The van der Waals surface area contributed by atoms with Gasteiger partial charge in [0.15, 0.2) is 0 Å². The molecule has 0 fully saturated rings. The van der Waals surface area contributed by atoms with Gasteiger partial charge >= 0.3 is 5.97 Å². The molecule has 0 aromatic rings. The van der Waals surface area contributed by atoms with Crippen molar-refractivity contribution in [1.29, 1.82) is 0 Å². The Bertz CT molecular complexity index is 212. The minimum atomic E-state index is -0.268. The van der Waals surface area contributed by atoms with Gasteiger partial charge in [0.1, 0.15) is 6.61 Å². The van der Waals surface area contributed by atoms with Crippen molar-refractivity contribution in [2.24, 2.45) is 0 Å². The highest BCUT2D eigenvalue weighted by Gasteiger charge is 2.27. The average molecular weight is 260 g/mol. The summed E-state index contributed by atoms with van der Waals surface area (Å²) in [4.78, 5) is 10.6. The van der Waals surface area contributed by atoms with Crippen LogP contribution in [0.25, 0.3) is 0 Å². The second-order valence-electron chi connectivity index (χ2n) is 4.48. The Hall–Kier alpha value is -0.610. The Labute approximate surface area is 111 Å². The second-order valence-corrected chi connectivity index (χ2v) is 4.48. The van der Waals surface area contributed by atoms with Gasteiger partial charge in [0.05, 0.1) is 18.8 Å². The first-order valence-corrected chi connectivity index (χ1v) is 6.95. The summed E-state index contributed by atoms with van der Waals surface area (Å²) in [6.07, 6.45) is 4.08. The van der Waals surface area contributed by atoms with Gasteiger partial charge in [0, 0.05) is 13.5 Å². The Morgan fingerprint density at radius 2 is 1.72 bits per heavy atom. The highest BCUT2D eigenvalue weighted by molar-refractivity contribution is 5.65. The molecule has 0 amide bonds. The zero-order valence-electron chi connectivity index (χ0n) is 12.3. The highest BCUT2D eigenvalue weighted by atomic mass is 16.6. The SMILES string of the molecule is CCCCOC(CC)(CC)COCCOC(C)=O. The molecule has 0 atom stereocenters. The van der Waals surface area contributed by atoms with Crippen molar-refractivity contribution < 1.29 is 19.0 Å². The standard InChI is InChI=1S/C14H28O4/c1-5-8-9-18-14(6-2,7-3)12-16-10-11-17-13(4)15/h5-12H2,1-4H3. The Morgan fingerprint density at radius 3 is 2.22 bits per heavy atom. The molecule has 0 aliphatic heterocycles. The molecule has 0 bridgehead atoms. The van der Waals surface area contributed by atoms with E-state index in [0.29, 0.717) is 19.8 Å². The molecule has 0 saturated carbocycles. The van der Waals surface area contributed by atoms with Gasteiger partial charge in [-0.05, 0) is 19.3 Å². The zero-order valence-corrected chi connectivity index (χ0v) is 12.3. The molecule has 0 rings (SSSR count). The summed E-state index contributed by atoms with van der Waals surface area (Å²) in [5, 5.41) is 0. The fourth-order valence-corrected chi connectivity index (χ4v) is 1.64. The van der Waals surface area contributed by atoms with Crippen molar-refractivity contribution in [2.45, 2.75) is 59.0 Å². The molecule has 0 aromatic carbocycles. The van der Waals surface area contributed by atoms with Gasteiger partial charge in [0.25, 0.3) is 0 Å². The van der Waals surface area contributed by atoms with Crippen LogP contribution in [-0.4, -0.2) is 38.0 Å². The molecule has 4 heteroatoms. The molecular weight excluding hydrogens is 232 g/mol. The molecule has 0 radical (unpaired) electrons. The van der Waals surface area contributed by atoms with Gasteiger partial charge in [0.2, 0.25) is 0 Å². The van der Waals surface area contributed by atoms with Crippen LogP contribution in [0.4, 0.5) is 0 Å². The second kappa shape index (κ2) is 10.3. The Morgan fingerprint density at radius 1 is 1.06 bits per heavy atom. The van der Waals surface area contributed by atoms with Crippen molar-refractivity contribution in [2.75, 3.05) is 26.4 Å². The first kappa shape index (κ1) is 17.4. The Balaban J connectivity index is 3.90. The van der Waals surface area contributed by atoms with Crippen LogP contribution in [0.3, 0.4) is 0 Å². The van der Waals surface area contributed by atoms with Crippen molar-refractivity contribution >= 4 is 5.97 Å². The van der Waals surface area contributed by atoms with Gasteiger partial charge in [-0.15, -0.1) is 0 Å². The monoisotopic (exact) mass is 260 g/mol. The smallest absolute Gasteiger partial charge is 0.302 e. The third-order valence-corrected chi connectivity index (χ3v) is 3.09. The summed E-state index contributed by atoms with van der Waals surface area (Å²) in [6, 6.07) is 0. The lowest BCUT2D eigenvalue weighted by Crippen LogP contribution is -2.37. The fourth-order valence-electron chi connectivity index (χ4n) is 1.64. The number of hydrogen-bond donors (Lipinski definition) is 0. The predicted octanol–water partition coefficient (Wildman–Crippen LogP) is 2.94. The first-order valence-electron chi connectivity index (χ1n) is 6.95. The summed E-state index contributed by atoms with van der Waals surface area (Å²) >= 11 is 0. The quantitative estimate of drug-likeness (QED) is 0.423. The van der Waals surface area contributed by atoms with Crippen molar-refractivity contribution in [3.8, 4) is 0 Å². The predicted molar refractivity (Wildman–Crippen MR) is 71.6 cm³/mol. The lowest BCUT2D eigenvalue weighted by molar-refractivity contribution is -0.144. The van der Waals surface area contributed by atoms with E-state index in [9.17, 15) is 4.79 Å². The van der Waals surface area contributed by atoms with Crippen LogP contribution in [0.1, 0.15) is 53.4 Å². The third kappa shape index (κ3) is 7.67. The summed E-state index contributed by atoms with van der Waals surface area (Å²) in [5.74, 6) is -0.268. The van der Waals surface area contributed by atoms with E-state index in [2.05, 4.69) is 20.8 Å². The number of rotatable bonds is 11. The largest absolute Gasteiger partial charge is 0.463 e. The Kier molecular flexibility index (Phi) is 9.98. The minimum absolute atomic E-state index is 0.189. The van der Waals surface area contributed by atoms with Gasteiger partial charge in [-0.3, -0.25) is 4.79 Å². The van der Waals surface area contributed by atoms with Crippen LogP contribution in [0.5, 0.6) is 0 Å². The van der Waals surface area contributed by atoms with E-state index in [4.69, 9.17) is 14.2 Å². The molecule has 0 aliphatic rings. The van der Waals surface area contributed by atoms with Crippen LogP contribution in [-0.2, 0) is 19.0 Å². The van der Waals surface area contributed by atoms with E-state index < -0.39 is 0 Å². The minimum Gasteiger partial charge on any atom is -0.463 e. The van der Waals surface area contributed by atoms with Gasteiger partial charge in [-0.2, -0.15) is 0 Å². The van der Waals surface area contributed by atoms with Crippen molar-refractivity contribution in [3.05, 3.63) is 0 Å². The molecule has 0 aromatic heterocycles. The van der Waals surface area contributed by atoms with E-state index in [1.54, 1.807) is 0 Å². The number of carbonyl (C=O) groups excluding carboxylic acids is 1. The molecule has 108 valence electrons. The fraction of sp³-hybridized carbons (Fsp3) is 0.929. The number of carbonyl (C=O) groups is 1. The van der Waals surface area contributed by atoms with E-state index >= 15 is 0 Å². The van der Waals surface area contributed by atoms with Crippen LogP contribution < -0.4 is 0 Å². The zero-order chi connectivity index (χ0) is 13.9. The molecule has 4 nitrogen and oxygen atoms in total. The van der Waals surface area contributed by atoms with Gasteiger partial charge in [-0.1, -0.05) is 27.2 Å². The third-order valence-electron chi connectivity index (χ3n) is 3.09. The van der Waals surface area contributed by atoms with Gasteiger partial charge < -0.3 is 14.2 Å². The van der Waals surface area contributed by atoms with E-state index in [1.165, 1.54) is 6.92 Å². The maximum Gasteiger partial charge on any atom is 0.302 e. The van der Waals surface area contributed by atoms with E-state index in [-0.39, 0.29) is 11.6 Å². The molecule has 0 unspecified atom stereocenters. The summed E-state index contributed by atoms with van der Waals surface area (Å²) < 4.78 is 16.3. The topological polar surface area (TPSA) is 44.8 Å². The van der Waals surface area contributed by atoms with Crippen molar-refractivity contribution in [3.63, 3.8) is 0 Å². The number of esters is 1. The molecule has 0 heterocycles. The molecule has 0 spiro atoms. The maximum absolute atomic E-state index is 10.6. The molecular formula is C14H28O4. The summed E-state index contributed by atoms with van der Waals surface area (Å²) in [6.45, 7) is 9.87. The first-order chi connectivity index (χ1) is 8.60. The van der Waals surface area contributed by atoms with Crippen molar-refractivity contribution in [1.82, 2.24) is 0 Å². The summed E-state index contributed by atoms with van der Waals surface area (Å²) in [5.41, 5.74) is -0.189. The van der Waals surface area contributed by atoms with Crippen LogP contribution in [0.2, 0.25) is 0 Å². The molecule has 0 saturated heterocycles.